The third-order valence-corrected chi connectivity index (χ3v) is 6.52. The highest BCUT2D eigenvalue weighted by Gasteiger charge is 2.19. The summed E-state index contributed by atoms with van der Waals surface area (Å²) in [4.78, 5) is 18.9. The Labute approximate surface area is 188 Å². The van der Waals surface area contributed by atoms with Gasteiger partial charge in [0.05, 0.1) is 11.4 Å². The molecule has 2 N–H and O–H groups in total. The van der Waals surface area contributed by atoms with E-state index in [-0.39, 0.29) is 23.4 Å². The second-order valence-electron chi connectivity index (χ2n) is 7.74. The van der Waals surface area contributed by atoms with E-state index in [1.807, 2.05) is 43.0 Å². The fraction of sp³-hybridized carbons (Fsp3) is 0.364. The average Bonchev–Trinajstić information content (AvgIpc) is 3.20. The summed E-state index contributed by atoms with van der Waals surface area (Å²) in [5, 5.41) is 3.46. The third kappa shape index (κ3) is 6.78. The Morgan fingerprint density at radius 3 is 2.65 bits per heavy atom. The Morgan fingerprint density at radius 1 is 1.19 bits per heavy atom. The number of nitrogens with one attached hydrogen (secondary N) is 2. The zero-order chi connectivity index (χ0) is 22.4. The zero-order valence-corrected chi connectivity index (χ0v) is 19.2. The van der Waals surface area contributed by atoms with Crippen LogP contribution in [0, 0.1) is 0 Å². The van der Waals surface area contributed by atoms with Crippen LogP contribution >= 0.6 is 11.6 Å². The number of anilines is 1. The number of amides is 1. The molecule has 0 atom stereocenters. The van der Waals surface area contributed by atoms with Crippen LogP contribution in [0.3, 0.4) is 0 Å². The second-order valence-corrected chi connectivity index (χ2v) is 9.86. The predicted octanol–water partition coefficient (Wildman–Crippen LogP) is 3.66. The van der Waals surface area contributed by atoms with Crippen molar-refractivity contribution in [2.24, 2.45) is 4.99 Å². The maximum Gasteiger partial charge on any atom is 0.262 e. The van der Waals surface area contributed by atoms with Gasteiger partial charge >= 0.3 is 0 Å². The molecule has 0 aromatic heterocycles. The molecular weight excluding hydrogens is 436 g/mol. The van der Waals surface area contributed by atoms with Crippen LogP contribution in [0.2, 0.25) is 5.02 Å². The molecule has 0 radical (unpaired) electrons. The molecular formula is C22H27ClN4O3S. The van der Waals surface area contributed by atoms with Gasteiger partial charge in [-0.05, 0) is 56.2 Å². The third-order valence-electron chi connectivity index (χ3n) is 4.91. The maximum atomic E-state index is 12.7. The van der Waals surface area contributed by atoms with Crippen molar-refractivity contribution in [1.29, 1.82) is 0 Å². The fourth-order valence-electron chi connectivity index (χ4n) is 3.25. The number of benzene rings is 2. The Balaban J connectivity index is 1.65. The molecule has 0 saturated carbocycles. The maximum absolute atomic E-state index is 12.7. The van der Waals surface area contributed by atoms with E-state index < -0.39 is 10.0 Å². The molecule has 9 heteroatoms. The van der Waals surface area contributed by atoms with Gasteiger partial charge in [-0.1, -0.05) is 29.8 Å². The fourth-order valence-corrected chi connectivity index (χ4v) is 4.60. The van der Waals surface area contributed by atoms with Gasteiger partial charge in [0, 0.05) is 36.3 Å². The molecule has 2 aromatic carbocycles. The first kappa shape index (κ1) is 23.2. The number of amidine groups is 1. The molecule has 166 valence electrons. The lowest BCUT2D eigenvalue weighted by molar-refractivity contribution is -0.117. The van der Waals surface area contributed by atoms with E-state index in [4.69, 9.17) is 11.6 Å². The molecule has 1 aliphatic rings. The molecule has 0 saturated heterocycles. The zero-order valence-electron chi connectivity index (χ0n) is 17.6. The molecule has 0 fully saturated rings. The van der Waals surface area contributed by atoms with E-state index in [2.05, 4.69) is 15.0 Å². The van der Waals surface area contributed by atoms with Crippen LogP contribution in [-0.2, 0) is 21.4 Å². The summed E-state index contributed by atoms with van der Waals surface area (Å²) >= 11 is 6.07. The number of rotatable bonds is 8. The first-order valence-corrected chi connectivity index (χ1v) is 12.0. The molecule has 0 spiro atoms. The SMILES string of the molecule is CC(C)N(CC(=O)Nc1cccc(S(=O)(=O)NC2=NCCC2)c1)Cc1cccc(Cl)c1. The molecule has 31 heavy (non-hydrogen) atoms. The van der Waals surface area contributed by atoms with Crippen molar-refractivity contribution in [3.63, 3.8) is 0 Å². The number of nitrogens with zero attached hydrogens (tertiary/aromatic N) is 2. The highest BCUT2D eigenvalue weighted by Crippen LogP contribution is 2.18. The molecule has 1 amide bonds. The molecule has 3 rings (SSSR count). The first-order chi connectivity index (χ1) is 14.7. The minimum atomic E-state index is -3.74. The van der Waals surface area contributed by atoms with Crippen LogP contribution in [0.15, 0.2) is 58.4 Å². The van der Waals surface area contributed by atoms with Crippen LogP contribution in [0.1, 0.15) is 32.3 Å². The minimum Gasteiger partial charge on any atom is -0.325 e. The van der Waals surface area contributed by atoms with E-state index in [1.54, 1.807) is 12.1 Å². The van der Waals surface area contributed by atoms with Gasteiger partial charge in [0.15, 0.2) is 0 Å². The van der Waals surface area contributed by atoms with Crippen LogP contribution < -0.4 is 10.0 Å². The molecule has 7 nitrogen and oxygen atoms in total. The Hall–Kier alpha value is -2.42. The van der Waals surface area contributed by atoms with Gasteiger partial charge in [0.1, 0.15) is 5.84 Å². The number of aliphatic imine (C=N–C) groups is 1. The summed E-state index contributed by atoms with van der Waals surface area (Å²) in [5.74, 6) is 0.251. The van der Waals surface area contributed by atoms with Crippen LogP contribution in [-0.4, -0.2) is 44.2 Å². The lowest BCUT2D eigenvalue weighted by Gasteiger charge is -2.26. The normalized spacial score (nSPS) is 14.0. The molecule has 2 aromatic rings. The lowest BCUT2D eigenvalue weighted by Crippen LogP contribution is -2.37. The van der Waals surface area contributed by atoms with Crippen molar-refractivity contribution >= 4 is 39.1 Å². The van der Waals surface area contributed by atoms with E-state index in [1.165, 1.54) is 12.1 Å². The first-order valence-electron chi connectivity index (χ1n) is 10.2. The molecule has 0 aliphatic carbocycles. The summed E-state index contributed by atoms with van der Waals surface area (Å²) in [6.45, 7) is 5.41. The Bertz CT molecular complexity index is 1070. The monoisotopic (exact) mass is 462 g/mol. The van der Waals surface area contributed by atoms with Gasteiger partial charge in [-0.3, -0.25) is 19.4 Å². The highest BCUT2D eigenvalue weighted by atomic mass is 35.5. The van der Waals surface area contributed by atoms with Crippen molar-refractivity contribution in [1.82, 2.24) is 9.62 Å². The lowest BCUT2D eigenvalue weighted by atomic mass is 10.2. The largest absolute Gasteiger partial charge is 0.325 e. The number of halogens is 1. The molecule has 1 heterocycles. The van der Waals surface area contributed by atoms with Crippen molar-refractivity contribution in [3.05, 3.63) is 59.1 Å². The van der Waals surface area contributed by atoms with E-state index in [0.717, 1.165) is 12.0 Å². The van der Waals surface area contributed by atoms with Gasteiger partial charge in [-0.2, -0.15) is 0 Å². The summed E-state index contributed by atoms with van der Waals surface area (Å²) in [6.07, 6.45) is 1.46. The molecule has 0 bridgehead atoms. The standard InChI is InChI=1S/C22H27ClN4O3S/c1-16(2)27(14-17-6-3-7-18(23)12-17)15-22(28)25-19-8-4-9-20(13-19)31(29,30)26-21-10-5-11-24-21/h3-4,6-9,12-13,16H,5,10-11,14-15H2,1-2H3,(H,24,26)(H,25,28). The molecule has 0 unspecified atom stereocenters. The van der Waals surface area contributed by atoms with Crippen LogP contribution in [0.25, 0.3) is 0 Å². The smallest absolute Gasteiger partial charge is 0.262 e. The number of carbonyl (C=O) groups is 1. The number of carbonyl (C=O) groups excluding carboxylic acids is 1. The van der Waals surface area contributed by atoms with Crippen molar-refractivity contribution in [2.75, 3.05) is 18.4 Å². The summed E-state index contributed by atoms with van der Waals surface area (Å²) in [5.41, 5.74) is 1.44. The number of sulfonamides is 1. The van der Waals surface area contributed by atoms with Crippen molar-refractivity contribution < 1.29 is 13.2 Å². The minimum absolute atomic E-state index is 0.0829. The van der Waals surface area contributed by atoms with Gasteiger partial charge in [0.25, 0.3) is 10.0 Å². The van der Waals surface area contributed by atoms with Crippen molar-refractivity contribution in [2.45, 2.75) is 44.2 Å². The van der Waals surface area contributed by atoms with Crippen LogP contribution in [0.5, 0.6) is 0 Å². The molecule has 1 aliphatic heterocycles. The van der Waals surface area contributed by atoms with E-state index >= 15 is 0 Å². The van der Waals surface area contributed by atoms with Gasteiger partial charge in [0.2, 0.25) is 5.91 Å². The van der Waals surface area contributed by atoms with Gasteiger partial charge < -0.3 is 5.32 Å². The summed E-state index contributed by atoms with van der Waals surface area (Å²) in [6, 6.07) is 13.9. The quantitative estimate of drug-likeness (QED) is 0.626. The van der Waals surface area contributed by atoms with Crippen LogP contribution in [0.4, 0.5) is 5.69 Å². The Morgan fingerprint density at radius 2 is 1.97 bits per heavy atom. The van der Waals surface area contributed by atoms with E-state index in [9.17, 15) is 13.2 Å². The van der Waals surface area contributed by atoms with Gasteiger partial charge in [-0.15, -0.1) is 0 Å². The summed E-state index contributed by atoms with van der Waals surface area (Å²) < 4.78 is 27.7. The second kappa shape index (κ2) is 10.3. The average molecular weight is 463 g/mol. The highest BCUT2D eigenvalue weighted by molar-refractivity contribution is 7.90. The van der Waals surface area contributed by atoms with Gasteiger partial charge in [-0.25, -0.2) is 8.42 Å². The van der Waals surface area contributed by atoms with Crippen molar-refractivity contribution in [3.8, 4) is 0 Å². The number of hydrogen-bond acceptors (Lipinski definition) is 5. The van der Waals surface area contributed by atoms with E-state index in [0.29, 0.717) is 36.1 Å². The Kier molecular flexibility index (Phi) is 7.69. The summed E-state index contributed by atoms with van der Waals surface area (Å²) in [7, 11) is -3.74. The topological polar surface area (TPSA) is 90.9 Å². The number of hydrogen-bond donors (Lipinski definition) is 2. The predicted molar refractivity (Wildman–Crippen MR) is 124 cm³/mol.